The number of alkyl halides is 3. The van der Waals surface area contributed by atoms with E-state index in [0.29, 0.717) is 16.7 Å². The van der Waals surface area contributed by atoms with Gasteiger partial charge in [-0.15, -0.1) is 0 Å². The fourth-order valence-electron chi connectivity index (χ4n) is 4.07. The van der Waals surface area contributed by atoms with Crippen LogP contribution in [-0.2, 0) is 16.5 Å². The molecule has 3 aromatic carbocycles. The van der Waals surface area contributed by atoms with Crippen LogP contribution in [0.1, 0.15) is 24.1 Å². The van der Waals surface area contributed by atoms with Crippen LogP contribution in [0.3, 0.4) is 0 Å². The molecule has 1 aliphatic rings. The van der Waals surface area contributed by atoms with Crippen molar-refractivity contribution in [3.63, 3.8) is 0 Å². The summed E-state index contributed by atoms with van der Waals surface area (Å²) in [6.07, 6.45) is -1.49. The van der Waals surface area contributed by atoms with E-state index in [9.17, 15) is 26.9 Å². The molecule has 200 valence electrons. The molecule has 0 saturated heterocycles. The van der Waals surface area contributed by atoms with Gasteiger partial charge in [-0.2, -0.15) is 18.4 Å². The predicted molar refractivity (Wildman–Crippen MR) is 142 cm³/mol. The molecule has 7 nitrogen and oxygen atoms in total. The van der Waals surface area contributed by atoms with Gasteiger partial charge in [0.1, 0.15) is 23.3 Å². The van der Waals surface area contributed by atoms with Gasteiger partial charge in [-0.05, 0) is 60.4 Å². The Morgan fingerprint density at radius 2 is 1.74 bits per heavy atom. The van der Waals surface area contributed by atoms with Crippen molar-refractivity contribution >= 4 is 44.7 Å². The molecule has 0 amide bonds. The Morgan fingerprint density at radius 3 is 2.38 bits per heavy atom. The van der Waals surface area contributed by atoms with Gasteiger partial charge >= 0.3 is 6.18 Å². The third kappa shape index (κ3) is 6.41. The maximum atomic E-state index is 13.6. The summed E-state index contributed by atoms with van der Waals surface area (Å²) in [5, 5.41) is 9.68. The minimum absolute atomic E-state index is 0.0359. The van der Waals surface area contributed by atoms with Crippen molar-refractivity contribution in [3.8, 4) is 22.9 Å². The van der Waals surface area contributed by atoms with Gasteiger partial charge in [-0.1, -0.05) is 29.8 Å². The van der Waals surface area contributed by atoms with Crippen LogP contribution in [0, 0.1) is 11.3 Å². The lowest BCUT2D eigenvalue weighted by atomic mass is 10.0. The number of halogens is 4. The van der Waals surface area contributed by atoms with Crippen molar-refractivity contribution in [3.05, 3.63) is 77.1 Å². The van der Waals surface area contributed by atoms with Gasteiger partial charge in [0.05, 0.1) is 45.4 Å². The van der Waals surface area contributed by atoms with E-state index in [1.165, 1.54) is 18.3 Å². The van der Waals surface area contributed by atoms with Crippen LogP contribution in [-0.4, -0.2) is 37.2 Å². The lowest BCUT2D eigenvalue weighted by molar-refractivity contribution is -0.118. The number of anilines is 2. The van der Waals surface area contributed by atoms with E-state index in [2.05, 4.69) is 9.97 Å². The van der Waals surface area contributed by atoms with E-state index in [0.717, 1.165) is 28.9 Å². The molecule has 1 aromatic heterocycles. The minimum atomic E-state index is -4.53. The molecule has 0 aliphatic heterocycles. The third-order valence-electron chi connectivity index (χ3n) is 6.00. The quantitative estimate of drug-likeness (QED) is 0.252. The van der Waals surface area contributed by atoms with Crippen molar-refractivity contribution in [2.45, 2.75) is 30.9 Å². The normalized spacial score (nSPS) is 13.4. The van der Waals surface area contributed by atoms with Crippen molar-refractivity contribution in [1.82, 2.24) is 9.97 Å². The molecule has 1 aliphatic carbocycles. The summed E-state index contributed by atoms with van der Waals surface area (Å²) in [5.41, 5.74) is 3.33. The van der Waals surface area contributed by atoms with Gasteiger partial charge in [-0.3, -0.25) is 4.98 Å². The number of thiol groups is 1. The zero-order valence-electron chi connectivity index (χ0n) is 20.2. The van der Waals surface area contributed by atoms with E-state index in [1.54, 1.807) is 42.5 Å². The molecule has 1 heterocycles. The third-order valence-corrected chi connectivity index (χ3v) is 6.87. The molecule has 5 rings (SSSR count). The fourth-order valence-corrected chi connectivity index (χ4v) is 4.75. The molecule has 12 heteroatoms. The highest BCUT2D eigenvalue weighted by atomic mass is 35.5. The Hall–Kier alpha value is -3.88. The average Bonchev–Trinajstić information content (AvgIpc) is 3.71. The molecule has 1 saturated carbocycles. The number of rotatable bonds is 8. The van der Waals surface area contributed by atoms with Crippen molar-refractivity contribution in [2.24, 2.45) is 0 Å². The smallest absolute Gasteiger partial charge is 0.406 e. The summed E-state index contributed by atoms with van der Waals surface area (Å²) in [6.45, 7) is -1.29. The molecular formula is C27H20ClF3N4O3S. The number of nitrogens with zero attached hydrogens (tertiary/aromatic N) is 4. The summed E-state index contributed by atoms with van der Waals surface area (Å²) >= 11 is 6.35. The van der Waals surface area contributed by atoms with Crippen LogP contribution in [0.5, 0.6) is 5.75 Å². The SMILES string of the molecule is N#Cc1cc(N(CC(F)(F)F)c2ccc(-c3ccc4nc(C[SH](=O)=O)cnc4c3)cc2)cc(Cl)c1OC1CC1. The molecule has 1 fully saturated rings. The Balaban J connectivity index is 1.47. The monoisotopic (exact) mass is 572 g/mol. The van der Waals surface area contributed by atoms with Crippen LogP contribution in [0.4, 0.5) is 24.5 Å². The van der Waals surface area contributed by atoms with Crippen molar-refractivity contribution < 1.29 is 26.3 Å². The van der Waals surface area contributed by atoms with E-state index in [-0.39, 0.29) is 39.6 Å². The summed E-state index contributed by atoms with van der Waals surface area (Å²) in [4.78, 5) is 9.63. The van der Waals surface area contributed by atoms with Gasteiger partial charge < -0.3 is 9.64 Å². The maximum Gasteiger partial charge on any atom is 0.406 e. The van der Waals surface area contributed by atoms with Crippen LogP contribution in [0.15, 0.2) is 60.8 Å². The van der Waals surface area contributed by atoms with E-state index < -0.39 is 23.4 Å². The highest BCUT2D eigenvalue weighted by molar-refractivity contribution is 7.71. The van der Waals surface area contributed by atoms with Crippen LogP contribution < -0.4 is 9.64 Å². The second-order valence-corrected chi connectivity index (χ2v) is 10.4. The Labute approximate surface area is 228 Å². The summed E-state index contributed by atoms with van der Waals surface area (Å²) in [6, 6.07) is 16.4. The number of fused-ring (bicyclic) bond motifs is 1. The summed E-state index contributed by atoms with van der Waals surface area (Å²) in [5.74, 6) is -0.0196. The zero-order chi connectivity index (χ0) is 27.7. The molecule has 0 radical (unpaired) electrons. The van der Waals surface area contributed by atoms with Crippen molar-refractivity contribution in [1.29, 1.82) is 5.26 Å². The molecule has 0 unspecified atom stereocenters. The lowest BCUT2D eigenvalue weighted by Crippen LogP contribution is -2.30. The van der Waals surface area contributed by atoms with Gasteiger partial charge in [-0.25, -0.2) is 13.4 Å². The van der Waals surface area contributed by atoms with Crippen LogP contribution in [0.2, 0.25) is 5.02 Å². The first-order chi connectivity index (χ1) is 18.6. The predicted octanol–water partition coefficient (Wildman–Crippen LogP) is 6.17. The number of nitriles is 1. The molecule has 39 heavy (non-hydrogen) atoms. The molecule has 0 bridgehead atoms. The highest BCUT2D eigenvalue weighted by Crippen LogP contribution is 2.40. The second kappa shape index (κ2) is 10.7. The first kappa shape index (κ1) is 26.7. The van der Waals surface area contributed by atoms with Crippen molar-refractivity contribution in [2.75, 3.05) is 11.4 Å². The Kier molecular flexibility index (Phi) is 7.34. The first-order valence-electron chi connectivity index (χ1n) is 11.8. The average molecular weight is 573 g/mol. The molecule has 0 N–H and O–H groups in total. The summed E-state index contributed by atoms with van der Waals surface area (Å²) in [7, 11) is -2.62. The fraction of sp³-hybridized carbons (Fsp3) is 0.222. The van der Waals surface area contributed by atoms with E-state index in [4.69, 9.17) is 16.3 Å². The number of benzene rings is 3. The zero-order valence-corrected chi connectivity index (χ0v) is 21.8. The molecular weight excluding hydrogens is 553 g/mol. The van der Waals surface area contributed by atoms with Gasteiger partial charge in [0, 0.05) is 11.4 Å². The Morgan fingerprint density at radius 1 is 1.03 bits per heavy atom. The molecule has 0 spiro atoms. The number of hydrogen-bond acceptors (Lipinski definition) is 7. The van der Waals surface area contributed by atoms with Gasteiger partial charge in [0.25, 0.3) is 0 Å². The summed E-state index contributed by atoms with van der Waals surface area (Å²) < 4.78 is 68.4. The molecule has 4 aromatic rings. The maximum absolute atomic E-state index is 13.6. The molecule has 0 atom stereocenters. The van der Waals surface area contributed by atoms with Crippen LogP contribution in [0.25, 0.3) is 22.2 Å². The topological polar surface area (TPSA) is 96.2 Å². The highest BCUT2D eigenvalue weighted by Gasteiger charge is 2.33. The van der Waals surface area contributed by atoms with Crippen LogP contribution >= 0.6 is 11.6 Å². The first-order valence-corrected chi connectivity index (χ1v) is 13.6. The Bertz CT molecular complexity index is 1660. The number of ether oxygens (including phenoxy) is 1. The van der Waals surface area contributed by atoms with E-state index >= 15 is 0 Å². The second-order valence-electron chi connectivity index (χ2n) is 9.04. The lowest BCUT2D eigenvalue weighted by Gasteiger charge is -2.27. The van der Waals surface area contributed by atoms with Gasteiger partial charge in [0.15, 0.2) is 5.75 Å². The largest absolute Gasteiger partial charge is 0.487 e. The minimum Gasteiger partial charge on any atom is -0.487 e. The van der Waals surface area contributed by atoms with E-state index in [1.807, 2.05) is 6.07 Å². The number of aromatic nitrogens is 2. The van der Waals surface area contributed by atoms with Gasteiger partial charge in [0.2, 0.25) is 0 Å². The standard InChI is InChI=1S/C27H20ClF3N4O3S/c28-23-11-21(9-18(12-32)26(23)38-22-6-7-22)35(15-27(29,30)31)20-4-1-16(2-5-20)17-3-8-24-25(10-17)33-13-19(34-24)14-39(36)37/h1-5,8-11,13,22,39H,6-7,14-15H2. The number of hydrogen-bond donors (Lipinski definition) is 1.